The molecule has 1 aliphatic carbocycles. The number of rotatable bonds is 3. The second-order valence-electron chi connectivity index (χ2n) is 7.06. The van der Waals surface area contributed by atoms with Crippen molar-refractivity contribution in [3.05, 3.63) is 47.4 Å². The van der Waals surface area contributed by atoms with Crippen molar-refractivity contribution in [1.29, 1.82) is 0 Å². The quantitative estimate of drug-likeness (QED) is 0.884. The molecule has 0 radical (unpaired) electrons. The molecule has 2 N–H and O–H groups in total. The molecular formula is C18H22ClFN4O2. The van der Waals surface area contributed by atoms with Crippen molar-refractivity contribution < 1.29 is 13.7 Å². The molecule has 1 aromatic carbocycles. The van der Waals surface area contributed by atoms with E-state index in [1.165, 1.54) is 24.3 Å². The molecule has 4 rings (SSSR count). The lowest BCUT2D eigenvalue weighted by atomic mass is 9.77. The number of nitrogens with zero attached hydrogens (tertiary/aromatic N) is 3. The van der Waals surface area contributed by atoms with Crippen molar-refractivity contribution in [2.75, 3.05) is 13.1 Å². The van der Waals surface area contributed by atoms with Gasteiger partial charge < -0.3 is 15.2 Å². The van der Waals surface area contributed by atoms with Gasteiger partial charge in [-0.15, -0.1) is 12.4 Å². The van der Waals surface area contributed by atoms with Crippen LogP contribution in [0.3, 0.4) is 0 Å². The summed E-state index contributed by atoms with van der Waals surface area (Å²) in [6, 6.07) is 5.64. The molecule has 26 heavy (non-hydrogen) atoms. The van der Waals surface area contributed by atoms with Crippen LogP contribution in [0.25, 0.3) is 0 Å². The molecule has 0 bridgehead atoms. The zero-order valence-corrected chi connectivity index (χ0v) is 15.2. The number of carbonyl (C=O) groups is 1. The summed E-state index contributed by atoms with van der Waals surface area (Å²) in [5, 5.41) is 4.07. The van der Waals surface area contributed by atoms with Crippen molar-refractivity contribution >= 4 is 18.3 Å². The largest absolute Gasteiger partial charge is 0.339 e. The van der Waals surface area contributed by atoms with Crippen LogP contribution in [0.2, 0.25) is 0 Å². The van der Waals surface area contributed by atoms with E-state index in [1.807, 2.05) is 0 Å². The monoisotopic (exact) mass is 380 g/mol. The molecule has 1 aromatic heterocycles. The van der Waals surface area contributed by atoms with Gasteiger partial charge in [0.2, 0.25) is 5.89 Å². The Morgan fingerprint density at radius 2 is 2.00 bits per heavy atom. The summed E-state index contributed by atoms with van der Waals surface area (Å²) in [7, 11) is 0. The van der Waals surface area contributed by atoms with Gasteiger partial charge in [-0.05, 0) is 56.4 Å². The van der Waals surface area contributed by atoms with Crippen LogP contribution < -0.4 is 5.73 Å². The number of likely N-dealkylation sites (tertiary alicyclic amines) is 1. The Morgan fingerprint density at radius 3 is 2.65 bits per heavy atom. The molecular weight excluding hydrogens is 359 g/mol. The molecule has 2 aromatic rings. The molecule has 1 amide bonds. The minimum atomic E-state index is -0.444. The number of nitrogens with two attached hydrogens (primary N) is 1. The second kappa shape index (κ2) is 7.32. The third-order valence-corrected chi connectivity index (χ3v) is 5.28. The third-order valence-electron chi connectivity index (χ3n) is 5.28. The number of hydrogen-bond donors (Lipinski definition) is 1. The smallest absolute Gasteiger partial charge is 0.253 e. The Balaban J connectivity index is 0.00000196. The maximum absolute atomic E-state index is 13.0. The van der Waals surface area contributed by atoms with E-state index in [0.717, 1.165) is 32.1 Å². The summed E-state index contributed by atoms with van der Waals surface area (Å²) in [4.78, 5) is 18.9. The molecule has 2 aliphatic rings. The summed E-state index contributed by atoms with van der Waals surface area (Å²) in [6.45, 7) is 1.20. The molecule has 1 saturated carbocycles. The summed E-state index contributed by atoms with van der Waals surface area (Å²) >= 11 is 0. The van der Waals surface area contributed by atoms with E-state index in [2.05, 4.69) is 10.1 Å². The highest BCUT2D eigenvalue weighted by Crippen LogP contribution is 2.38. The van der Waals surface area contributed by atoms with Crippen LogP contribution in [0.1, 0.15) is 60.1 Å². The molecule has 1 saturated heterocycles. The van der Waals surface area contributed by atoms with Crippen molar-refractivity contribution in [2.24, 2.45) is 5.73 Å². The first kappa shape index (κ1) is 18.8. The highest BCUT2D eigenvalue weighted by atomic mass is 35.5. The Labute approximate surface area is 157 Å². The van der Waals surface area contributed by atoms with Crippen LogP contribution in [0.15, 0.2) is 28.8 Å². The fraction of sp³-hybridized carbons (Fsp3) is 0.500. The van der Waals surface area contributed by atoms with Gasteiger partial charge in [-0.3, -0.25) is 4.79 Å². The zero-order valence-electron chi connectivity index (χ0n) is 14.4. The van der Waals surface area contributed by atoms with E-state index < -0.39 is 5.54 Å². The van der Waals surface area contributed by atoms with Crippen molar-refractivity contribution in [3.8, 4) is 0 Å². The van der Waals surface area contributed by atoms with Gasteiger partial charge in [0, 0.05) is 18.7 Å². The van der Waals surface area contributed by atoms with E-state index in [1.54, 1.807) is 4.90 Å². The van der Waals surface area contributed by atoms with Crippen LogP contribution in [0.5, 0.6) is 0 Å². The van der Waals surface area contributed by atoms with Crippen molar-refractivity contribution in [3.63, 3.8) is 0 Å². The van der Waals surface area contributed by atoms with Crippen molar-refractivity contribution in [2.45, 2.75) is 43.6 Å². The lowest BCUT2D eigenvalue weighted by Crippen LogP contribution is -2.44. The SMILES string of the molecule is Cl.NC1(c2noc(C3CCCN(C(=O)c4ccc(F)cc4)C3)n2)CCC1. The molecule has 140 valence electrons. The maximum Gasteiger partial charge on any atom is 0.253 e. The molecule has 1 atom stereocenters. The minimum Gasteiger partial charge on any atom is -0.339 e. The van der Waals surface area contributed by atoms with Gasteiger partial charge >= 0.3 is 0 Å². The Morgan fingerprint density at radius 1 is 1.27 bits per heavy atom. The van der Waals surface area contributed by atoms with Gasteiger partial charge in [0.05, 0.1) is 11.5 Å². The van der Waals surface area contributed by atoms with Crippen LogP contribution in [-0.4, -0.2) is 34.0 Å². The van der Waals surface area contributed by atoms with Gasteiger partial charge in [-0.25, -0.2) is 4.39 Å². The summed E-state index contributed by atoms with van der Waals surface area (Å²) in [5.41, 5.74) is 6.30. The Kier molecular flexibility index (Phi) is 5.29. The average Bonchev–Trinajstić information content (AvgIpc) is 3.10. The minimum absolute atomic E-state index is 0. The van der Waals surface area contributed by atoms with Crippen LogP contribution >= 0.6 is 12.4 Å². The summed E-state index contributed by atoms with van der Waals surface area (Å²) in [5.74, 6) is 0.707. The van der Waals surface area contributed by atoms with E-state index in [4.69, 9.17) is 10.3 Å². The average molecular weight is 381 g/mol. The first-order chi connectivity index (χ1) is 12.0. The van der Waals surface area contributed by atoms with Gasteiger partial charge in [0.1, 0.15) is 5.82 Å². The third kappa shape index (κ3) is 3.46. The Hall–Kier alpha value is -1.99. The van der Waals surface area contributed by atoms with Gasteiger partial charge in [-0.2, -0.15) is 4.98 Å². The van der Waals surface area contributed by atoms with Crippen LogP contribution in [0.4, 0.5) is 4.39 Å². The molecule has 1 aliphatic heterocycles. The standard InChI is InChI=1S/C18H21FN4O2.ClH/c19-14-6-4-12(5-7-14)16(24)23-10-1-3-13(11-23)15-21-17(22-25-15)18(20)8-2-9-18;/h4-7,13H,1-3,8-11,20H2;1H. The predicted molar refractivity (Wildman–Crippen MR) is 95.5 cm³/mol. The molecule has 1 unspecified atom stereocenters. The Bertz CT molecular complexity index is 776. The molecule has 2 heterocycles. The van der Waals surface area contributed by atoms with E-state index in [-0.39, 0.29) is 30.0 Å². The lowest BCUT2D eigenvalue weighted by molar-refractivity contribution is 0.0695. The molecule has 8 heteroatoms. The van der Waals surface area contributed by atoms with Crippen LogP contribution in [-0.2, 0) is 5.54 Å². The second-order valence-corrected chi connectivity index (χ2v) is 7.06. The number of hydrogen-bond acceptors (Lipinski definition) is 5. The van der Waals surface area contributed by atoms with E-state index in [9.17, 15) is 9.18 Å². The van der Waals surface area contributed by atoms with Gasteiger partial charge in [-0.1, -0.05) is 5.16 Å². The number of piperidine rings is 1. The van der Waals surface area contributed by atoms with Crippen molar-refractivity contribution in [1.82, 2.24) is 15.0 Å². The highest BCUT2D eigenvalue weighted by molar-refractivity contribution is 5.94. The number of carbonyl (C=O) groups excluding carboxylic acids is 1. The van der Waals surface area contributed by atoms with E-state index in [0.29, 0.717) is 30.4 Å². The molecule has 0 spiro atoms. The highest BCUT2D eigenvalue weighted by Gasteiger charge is 2.40. The first-order valence-corrected chi connectivity index (χ1v) is 8.73. The predicted octanol–water partition coefficient (Wildman–Crippen LogP) is 2.99. The topological polar surface area (TPSA) is 85.2 Å². The lowest BCUT2D eigenvalue weighted by Gasteiger charge is -2.34. The fourth-order valence-electron chi connectivity index (χ4n) is 3.52. The summed E-state index contributed by atoms with van der Waals surface area (Å²) in [6.07, 6.45) is 4.61. The zero-order chi connectivity index (χ0) is 17.4. The van der Waals surface area contributed by atoms with E-state index >= 15 is 0 Å². The first-order valence-electron chi connectivity index (χ1n) is 8.73. The van der Waals surface area contributed by atoms with Crippen LogP contribution in [0, 0.1) is 5.82 Å². The number of halogens is 2. The number of benzene rings is 1. The summed E-state index contributed by atoms with van der Waals surface area (Å²) < 4.78 is 18.5. The normalized spacial score (nSPS) is 21.6. The van der Waals surface area contributed by atoms with Gasteiger partial charge in [0.15, 0.2) is 5.82 Å². The molecule has 6 nitrogen and oxygen atoms in total. The molecule has 2 fully saturated rings. The fourth-order valence-corrected chi connectivity index (χ4v) is 3.52. The van der Waals surface area contributed by atoms with Gasteiger partial charge in [0.25, 0.3) is 5.91 Å². The number of amides is 1. The number of aromatic nitrogens is 2. The maximum atomic E-state index is 13.0.